The van der Waals surface area contributed by atoms with Crippen LogP contribution >= 0.6 is 24.0 Å². The van der Waals surface area contributed by atoms with Crippen molar-refractivity contribution in [2.24, 2.45) is 0 Å². The van der Waals surface area contributed by atoms with E-state index < -0.39 is 0 Å². The molecule has 1 amide bonds. The third kappa shape index (κ3) is 2.06. The number of carbonyl (C=O) groups excluding carboxylic acids is 1. The summed E-state index contributed by atoms with van der Waals surface area (Å²) in [5, 5.41) is 1.00. The summed E-state index contributed by atoms with van der Waals surface area (Å²) in [5.74, 6) is -0.0178. The van der Waals surface area contributed by atoms with E-state index in [0.29, 0.717) is 15.8 Å². The predicted octanol–water partition coefficient (Wildman–Crippen LogP) is 2.78. The molecule has 19 heavy (non-hydrogen) atoms. The van der Waals surface area contributed by atoms with Gasteiger partial charge in [0, 0.05) is 29.9 Å². The van der Waals surface area contributed by atoms with Crippen LogP contribution in [-0.2, 0) is 4.79 Å². The predicted molar refractivity (Wildman–Crippen MR) is 81.6 cm³/mol. The van der Waals surface area contributed by atoms with Gasteiger partial charge in [-0.2, -0.15) is 0 Å². The summed E-state index contributed by atoms with van der Waals surface area (Å²) in [5.41, 5.74) is 1.78. The first-order valence-corrected chi connectivity index (χ1v) is 7.10. The molecule has 0 aromatic carbocycles. The van der Waals surface area contributed by atoms with Crippen LogP contribution in [0, 0.1) is 0 Å². The Labute approximate surface area is 119 Å². The second-order valence-electron chi connectivity index (χ2n) is 4.07. The van der Waals surface area contributed by atoms with Crippen LogP contribution in [0.4, 0.5) is 0 Å². The molecule has 2 aromatic rings. The highest BCUT2D eigenvalue weighted by molar-refractivity contribution is 8.26. The molecule has 0 atom stereocenters. The number of fused-ring (bicyclic) bond motifs is 1. The van der Waals surface area contributed by atoms with E-state index in [9.17, 15) is 4.79 Å². The minimum Gasteiger partial charge on any atom is -0.346 e. The lowest BCUT2D eigenvalue weighted by Crippen LogP contribution is -2.27. The number of nitrogens with one attached hydrogen (secondary N) is 1. The molecule has 0 radical (unpaired) electrons. The van der Waals surface area contributed by atoms with Crippen molar-refractivity contribution >= 4 is 51.3 Å². The van der Waals surface area contributed by atoms with Gasteiger partial charge < -0.3 is 4.98 Å². The zero-order chi connectivity index (χ0) is 13.4. The number of likely N-dealkylation sites (N-methyl/N-ethyl adjacent to an activating group) is 1. The van der Waals surface area contributed by atoms with Crippen molar-refractivity contribution in [2.75, 3.05) is 6.54 Å². The maximum Gasteiger partial charge on any atom is 0.266 e. The van der Waals surface area contributed by atoms with Gasteiger partial charge in [-0.15, -0.1) is 0 Å². The molecule has 4 nitrogen and oxygen atoms in total. The fourth-order valence-electron chi connectivity index (χ4n) is 2.01. The Morgan fingerprint density at radius 3 is 3.16 bits per heavy atom. The van der Waals surface area contributed by atoms with Crippen molar-refractivity contribution in [3.63, 3.8) is 0 Å². The Bertz CT molecular complexity index is 705. The molecule has 1 fully saturated rings. The van der Waals surface area contributed by atoms with E-state index in [1.54, 1.807) is 11.1 Å². The number of H-pyrrole nitrogens is 1. The third-order valence-electron chi connectivity index (χ3n) is 2.96. The van der Waals surface area contributed by atoms with Crippen LogP contribution < -0.4 is 0 Å². The van der Waals surface area contributed by atoms with Gasteiger partial charge in [0.1, 0.15) is 9.97 Å². The number of rotatable bonds is 2. The average molecular weight is 289 g/mol. The Morgan fingerprint density at radius 2 is 2.42 bits per heavy atom. The zero-order valence-electron chi connectivity index (χ0n) is 10.2. The van der Waals surface area contributed by atoms with Gasteiger partial charge in [-0.3, -0.25) is 9.69 Å². The molecule has 3 rings (SSSR count). The molecule has 0 unspecified atom stereocenters. The van der Waals surface area contributed by atoms with Crippen molar-refractivity contribution in [3.05, 3.63) is 35.0 Å². The molecule has 3 heterocycles. The number of thioether (sulfide) groups is 1. The monoisotopic (exact) mass is 289 g/mol. The van der Waals surface area contributed by atoms with Crippen molar-refractivity contribution in [1.29, 1.82) is 0 Å². The first-order chi connectivity index (χ1) is 9.20. The van der Waals surface area contributed by atoms with E-state index in [1.807, 2.05) is 31.3 Å². The summed E-state index contributed by atoms with van der Waals surface area (Å²) in [6, 6.07) is 3.86. The molecule has 0 bridgehead atoms. The molecule has 0 aliphatic carbocycles. The topological polar surface area (TPSA) is 49.0 Å². The van der Waals surface area contributed by atoms with E-state index in [4.69, 9.17) is 12.2 Å². The summed E-state index contributed by atoms with van der Waals surface area (Å²) in [4.78, 5) is 21.7. The van der Waals surface area contributed by atoms with E-state index >= 15 is 0 Å². The van der Waals surface area contributed by atoms with E-state index in [0.717, 1.165) is 16.6 Å². The van der Waals surface area contributed by atoms with Gasteiger partial charge >= 0.3 is 0 Å². The normalized spacial score (nSPS) is 17.9. The summed E-state index contributed by atoms with van der Waals surface area (Å²) in [7, 11) is 0. The Balaban J connectivity index is 2.03. The minimum atomic E-state index is -0.0178. The summed E-state index contributed by atoms with van der Waals surface area (Å²) < 4.78 is 0.622. The quantitative estimate of drug-likeness (QED) is 0.682. The number of aromatic amines is 1. The number of aromatic nitrogens is 2. The molecule has 1 N–H and O–H groups in total. The molecule has 1 saturated heterocycles. The minimum absolute atomic E-state index is 0.0178. The maximum atomic E-state index is 12.1. The number of pyridine rings is 1. The lowest BCUT2D eigenvalue weighted by molar-refractivity contribution is -0.121. The number of hydrogen-bond donors (Lipinski definition) is 1. The van der Waals surface area contributed by atoms with Crippen LogP contribution in [0.5, 0.6) is 0 Å². The van der Waals surface area contributed by atoms with Crippen molar-refractivity contribution in [2.45, 2.75) is 6.92 Å². The molecule has 0 spiro atoms. The Hall–Kier alpha value is -1.66. The van der Waals surface area contributed by atoms with E-state index in [-0.39, 0.29) is 5.91 Å². The highest BCUT2D eigenvalue weighted by Crippen LogP contribution is 2.33. The lowest BCUT2D eigenvalue weighted by atomic mass is 10.2. The fourth-order valence-corrected chi connectivity index (χ4v) is 3.39. The summed E-state index contributed by atoms with van der Waals surface area (Å²) >= 11 is 6.54. The summed E-state index contributed by atoms with van der Waals surface area (Å²) in [6.45, 7) is 2.53. The SMILES string of the molecule is CCN1C(=O)/C(=C/c2c[nH]c3ncccc23)SC1=S. The molecule has 96 valence electrons. The fraction of sp³-hybridized carbons (Fsp3) is 0.154. The van der Waals surface area contributed by atoms with Crippen LogP contribution in [0.15, 0.2) is 29.4 Å². The Morgan fingerprint density at radius 1 is 1.58 bits per heavy atom. The molecule has 1 aliphatic heterocycles. The molecule has 0 saturated carbocycles. The van der Waals surface area contributed by atoms with E-state index in [1.165, 1.54) is 11.8 Å². The molecule has 6 heteroatoms. The standard InChI is InChI=1S/C13H11N3OS2/c1-2-16-12(17)10(19-13(16)18)6-8-7-15-11-9(8)4-3-5-14-11/h3-7H,2H2,1H3,(H,14,15)/b10-6-. The molecule has 1 aliphatic rings. The highest BCUT2D eigenvalue weighted by Gasteiger charge is 2.30. The number of nitrogens with zero attached hydrogens (tertiary/aromatic N) is 2. The average Bonchev–Trinajstić information content (AvgIpc) is 2.93. The zero-order valence-corrected chi connectivity index (χ0v) is 11.8. The van der Waals surface area contributed by atoms with Crippen LogP contribution in [0.2, 0.25) is 0 Å². The first kappa shape index (κ1) is 12.4. The lowest BCUT2D eigenvalue weighted by Gasteiger charge is -2.09. The Kier molecular flexibility index (Phi) is 3.12. The third-order valence-corrected chi connectivity index (χ3v) is 4.34. The second kappa shape index (κ2) is 4.79. The van der Waals surface area contributed by atoms with Gasteiger partial charge in [-0.25, -0.2) is 4.98 Å². The molecule has 2 aromatic heterocycles. The van der Waals surface area contributed by atoms with Crippen LogP contribution in [-0.4, -0.2) is 31.6 Å². The smallest absolute Gasteiger partial charge is 0.266 e. The van der Waals surface area contributed by atoms with Gasteiger partial charge in [0.2, 0.25) is 0 Å². The van der Waals surface area contributed by atoms with Crippen molar-refractivity contribution in [3.8, 4) is 0 Å². The van der Waals surface area contributed by atoms with Crippen LogP contribution in [0.25, 0.3) is 17.1 Å². The maximum absolute atomic E-state index is 12.1. The largest absolute Gasteiger partial charge is 0.346 e. The number of thiocarbonyl (C=S) groups is 1. The van der Waals surface area contributed by atoms with E-state index in [2.05, 4.69) is 9.97 Å². The molecular weight excluding hydrogens is 278 g/mol. The van der Waals surface area contributed by atoms with Gasteiger partial charge in [0.15, 0.2) is 0 Å². The van der Waals surface area contributed by atoms with Crippen LogP contribution in [0.3, 0.4) is 0 Å². The van der Waals surface area contributed by atoms with Crippen molar-refractivity contribution in [1.82, 2.24) is 14.9 Å². The van der Waals surface area contributed by atoms with Gasteiger partial charge in [-0.05, 0) is 25.1 Å². The molecular formula is C13H11N3OS2. The first-order valence-electron chi connectivity index (χ1n) is 5.88. The highest BCUT2D eigenvalue weighted by atomic mass is 32.2. The second-order valence-corrected chi connectivity index (χ2v) is 5.75. The number of carbonyl (C=O) groups is 1. The summed E-state index contributed by atoms with van der Waals surface area (Å²) in [6.07, 6.45) is 5.46. The van der Waals surface area contributed by atoms with Gasteiger partial charge in [0.05, 0.1) is 4.91 Å². The number of amides is 1. The van der Waals surface area contributed by atoms with Crippen molar-refractivity contribution < 1.29 is 4.79 Å². The van der Waals surface area contributed by atoms with Gasteiger partial charge in [-0.1, -0.05) is 24.0 Å². The van der Waals surface area contributed by atoms with Gasteiger partial charge in [0.25, 0.3) is 5.91 Å². The van der Waals surface area contributed by atoms with Crippen LogP contribution in [0.1, 0.15) is 12.5 Å². The number of hydrogen-bond acceptors (Lipinski definition) is 4.